The maximum atomic E-state index is 12.3. The minimum absolute atomic E-state index is 0.0421. The molecule has 0 aliphatic heterocycles. The van der Waals surface area contributed by atoms with Crippen LogP contribution < -0.4 is 0 Å². The maximum Gasteiger partial charge on any atom is 0.320 e. The Balaban J connectivity index is 4.85. The van der Waals surface area contributed by atoms with Crippen molar-refractivity contribution >= 4 is 12.0 Å². The zero-order chi connectivity index (χ0) is 14.3. The molecular weight excluding hydrogens is 232 g/mol. The van der Waals surface area contributed by atoms with Crippen LogP contribution in [0, 0.1) is 0 Å². The molecule has 0 saturated heterocycles. The lowest BCUT2D eigenvalue weighted by molar-refractivity contribution is -0.138. The topological polar surface area (TPSA) is 60.9 Å². The Morgan fingerprint density at radius 2 is 1.83 bits per heavy atom. The van der Waals surface area contributed by atoms with Gasteiger partial charge in [-0.1, -0.05) is 6.08 Å². The standard InChI is InChI=1S/C13H24N2O3/c1-6-8-15(10(3)4)13(18)14(7-2)11(5)9-12(16)17/h6,10-11H,1,7-9H2,2-5H3,(H,16,17). The van der Waals surface area contributed by atoms with Crippen molar-refractivity contribution in [1.82, 2.24) is 9.80 Å². The summed E-state index contributed by atoms with van der Waals surface area (Å²) in [5, 5.41) is 8.79. The van der Waals surface area contributed by atoms with Gasteiger partial charge in [0.15, 0.2) is 0 Å². The van der Waals surface area contributed by atoms with E-state index < -0.39 is 5.97 Å². The Hall–Kier alpha value is -1.52. The lowest BCUT2D eigenvalue weighted by Crippen LogP contribution is -2.50. The van der Waals surface area contributed by atoms with Crippen molar-refractivity contribution in [2.45, 2.75) is 46.2 Å². The first-order valence-corrected chi connectivity index (χ1v) is 6.25. The van der Waals surface area contributed by atoms with Gasteiger partial charge in [0.2, 0.25) is 0 Å². The predicted octanol–water partition coefficient (Wildman–Crippen LogP) is 2.19. The first-order valence-electron chi connectivity index (χ1n) is 6.25. The molecule has 5 heteroatoms. The number of nitrogens with zero attached hydrogens (tertiary/aromatic N) is 2. The molecule has 0 aromatic rings. The Morgan fingerprint density at radius 3 is 2.17 bits per heavy atom. The van der Waals surface area contributed by atoms with Crippen LogP contribution in [-0.4, -0.2) is 52.1 Å². The van der Waals surface area contributed by atoms with E-state index in [2.05, 4.69) is 6.58 Å². The largest absolute Gasteiger partial charge is 0.481 e. The van der Waals surface area contributed by atoms with E-state index in [0.717, 1.165) is 0 Å². The molecule has 0 rings (SSSR count). The minimum atomic E-state index is -0.895. The first kappa shape index (κ1) is 16.5. The van der Waals surface area contributed by atoms with Gasteiger partial charge in [-0.15, -0.1) is 6.58 Å². The van der Waals surface area contributed by atoms with E-state index in [1.165, 1.54) is 0 Å². The Morgan fingerprint density at radius 1 is 1.28 bits per heavy atom. The van der Waals surface area contributed by atoms with Crippen LogP contribution >= 0.6 is 0 Å². The Labute approximate surface area is 109 Å². The lowest BCUT2D eigenvalue weighted by atomic mass is 10.2. The van der Waals surface area contributed by atoms with Crippen molar-refractivity contribution in [2.24, 2.45) is 0 Å². The van der Waals surface area contributed by atoms with Crippen molar-refractivity contribution in [3.8, 4) is 0 Å². The third-order valence-corrected chi connectivity index (χ3v) is 2.78. The molecule has 104 valence electrons. The van der Waals surface area contributed by atoms with E-state index in [1.807, 2.05) is 20.8 Å². The Kier molecular flexibility index (Phi) is 7.08. The summed E-state index contributed by atoms with van der Waals surface area (Å²) >= 11 is 0. The number of hydrogen-bond acceptors (Lipinski definition) is 2. The molecule has 0 fully saturated rings. The van der Waals surface area contributed by atoms with Gasteiger partial charge in [0, 0.05) is 25.2 Å². The van der Waals surface area contributed by atoms with Gasteiger partial charge in [-0.25, -0.2) is 4.79 Å². The van der Waals surface area contributed by atoms with Gasteiger partial charge in [0.05, 0.1) is 6.42 Å². The number of carbonyl (C=O) groups excluding carboxylic acids is 1. The molecule has 1 atom stereocenters. The number of rotatable bonds is 7. The fraction of sp³-hybridized carbons (Fsp3) is 0.692. The molecule has 0 aliphatic carbocycles. The van der Waals surface area contributed by atoms with Crippen LogP contribution in [0.1, 0.15) is 34.1 Å². The molecule has 5 nitrogen and oxygen atoms in total. The van der Waals surface area contributed by atoms with Gasteiger partial charge in [-0.3, -0.25) is 4.79 Å². The van der Waals surface area contributed by atoms with Gasteiger partial charge in [0.1, 0.15) is 0 Å². The monoisotopic (exact) mass is 256 g/mol. The molecule has 0 aliphatic rings. The minimum Gasteiger partial charge on any atom is -0.481 e. The predicted molar refractivity (Wildman–Crippen MR) is 71.5 cm³/mol. The van der Waals surface area contributed by atoms with Crippen molar-refractivity contribution in [3.05, 3.63) is 12.7 Å². The van der Waals surface area contributed by atoms with Crippen molar-refractivity contribution in [2.75, 3.05) is 13.1 Å². The van der Waals surface area contributed by atoms with Gasteiger partial charge >= 0.3 is 12.0 Å². The van der Waals surface area contributed by atoms with E-state index in [-0.39, 0.29) is 24.5 Å². The Bertz CT molecular complexity index is 303. The van der Waals surface area contributed by atoms with Gasteiger partial charge in [-0.2, -0.15) is 0 Å². The van der Waals surface area contributed by atoms with E-state index >= 15 is 0 Å². The zero-order valence-electron chi connectivity index (χ0n) is 11.7. The lowest BCUT2D eigenvalue weighted by Gasteiger charge is -2.35. The summed E-state index contributed by atoms with van der Waals surface area (Å²) in [5.74, 6) is -0.895. The van der Waals surface area contributed by atoms with E-state index in [4.69, 9.17) is 5.11 Å². The highest BCUT2D eigenvalue weighted by atomic mass is 16.4. The molecule has 1 unspecified atom stereocenters. The van der Waals surface area contributed by atoms with Gasteiger partial charge in [0.25, 0.3) is 0 Å². The summed E-state index contributed by atoms with van der Waals surface area (Å²) in [4.78, 5) is 26.3. The van der Waals surface area contributed by atoms with E-state index in [1.54, 1.807) is 22.8 Å². The SMILES string of the molecule is C=CCN(C(=O)N(CC)C(C)CC(=O)O)C(C)C. The summed E-state index contributed by atoms with van der Waals surface area (Å²) in [6.07, 6.45) is 1.63. The van der Waals surface area contributed by atoms with Crippen molar-refractivity contribution < 1.29 is 14.7 Å². The molecule has 1 N–H and O–H groups in total. The van der Waals surface area contributed by atoms with Crippen LogP contribution in [-0.2, 0) is 4.79 Å². The second-order valence-corrected chi connectivity index (χ2v) is 4.55. The highest BCUT2D eigenvalue weighted by Gasteiger charge is 2.26. The van der Waals surface area contributed by atoms with Crippen LogP contribution in [0.15, 0.2) is 12.7 Å². The molecular formula is C13H24N2O3. The molecule has 2 amide bonds. The highest BCUT2D eigenvalue weighted by Crippen LogP contribution is 2.10. The van der Waals surface area contributed by atoms with Gasteiger partial charge < -0.3 is 14.9 Å². The average molecular weight is 256 g/mol. The normalized spacial score (nSPS) is 12.1. The third kappa shape index (κ3) is 4.77. The van der Waals surface area contributed by atoms with Crippen LogP contribution in [0.5, 0.6) is 0 Å². The number of carboxylic acid groups (broad SMARTS) is 1. The number of hydrogen-bond donors (Lipinski definition) is 1. The number of aliphatic carboxylic acids is 1. The highest BCUT2D eigenvalue weighted by molar-refractivity contribution is 5.76. The molecule has 0 bridgehead atoms. The molecule has 0 saturated carbocycles. The third-order valence-electron chi connectivity index (χ3n) is 2.78. The molecule has 0 aromatic carbocycles. The van der Waals surface area contributed by atoms with Gasteiger partial charge in [-0.05, 0) is 27.7 Å². The second-order valence-electron chi connectivity index (χ2n) is 4.55. The van der Waals surface area contributed by atoms with E-state index in [0.29, 0.717) is 13.1 Å². The number of amides is 2. The second kappa shape index (κ2) is 7.74. The molecule has 0 radical (unpaired) electrons. The smallest absolute Gasteiger partial charge is 0.320 e. The van der Waals surface area contributed by atoms with Crippen LogP contribution in [0.4, 0.5) is 4.79 Å². The summed E-state index contributed by atoms with van der Waals surface area (Å²) in [5.41, 5.74) is 0. The first-order chi connectivity index (χ1) is 8.34. The number of urea groups is 1. The van der Waals surface area contributed by atoms with Crippen LogP contribution in [0.25, 0.3) is 0 Å². The molecule has 0 heterocycles. The van der Waals surface area contributed by atoms with E-state index in [9.17, 15) is 9.59 Å². The molecule has 18 heavy (non-hydrogen) atoms. The summed E-state index contributed by atoms with van der Waals surface area (Å²) in [7, 11) is 0. The van der Waals surface area contributed by atoms with Crippen LogP contribution in [0.3, 0.4) is 0 Å². The zero-order valence-corrected chi connectivity index (χ0v) is 11.7. The fourth-order valence-corrected chi connectivity index (χ4v) is 1.81. The number of carboxylic acids is 1. The summed E-state index contributed by atoms with van der Waals surface area (Å²) < 4.78 is 0. The van der Waals surface area contributed by atoms with Crippen molar-refractivity contribution in [3.63, 3.8) is 0 Å². The maximum absolute atomic E-state index is 12.3. The summed E-state index contributed by atoms with van der Waals surface area (Å²) in [6, 6.07) is -0.395. The van der Waals surface area contributed by atoms with Crippen molar-refractivity contribution in [1.29, 1.82) is 0 Å². The molecule has 0 aromatic heterocycles. The summed E-state index contributed by atoms with van der Waals surface area (Å²) in [6.45, 7) is 12.1. The fourth-order valence-electron chi connectivity index (χ4n) is 1.81. The quantitative estimate of drug-likeness (QED) is 0.710. The number of carbonyl (C=O) groups is 2. The molecule has 0 spiro atoms. The van der Waals surface area contributed by atoms with Crippen LogP contribution in [0.2, 0.25) is 0 Å². The average Bonchev–Trinajstić information content (AvgIpc) is 2.24.